The highest BCUT2D eigenvalue weighted by atomic mass is 79.9. The van der Waals surface area contributed by atoms with Crippen LogP contribution in [0.15, 0.2) is 65.7 Å². The SMILES string of the molecule is C=CC1c2ccccc2N(c2cc(C)cc(Br)c2O)C1/C=C\CC. The molecule has 3 rings (SSSR count). The number of hydrogen-bond donors (Lipinski definition) is 1. The van der Waals surface area contributed by atoms with E-state index in [0.29, 0.717) is 0 Å². The van der Waals surface area contributed by atoms with Crippen LogP contribution in [0.3, 0.4) is 0 Å². The molecule has 0 aliphatic carbocycles. The van der Waals surface area contributed by atoms with Gasteiger partial charge in [0.25, 0.3) is 0 Å². The summed E-state index contributed by atoms with van der Waals surface area (Å²) in [6.45, 7) is 8.22. The fourth-order valence-electron chi connectivity index (χ4n) is 3.43. The predicted octanol–water partition coefficient (Wildman–Crippen LogP) is 6.22. The molecule has 0 bridgehead atoms. The van der Waals surface area contributed by atoms with Gasteiger partial charge in [0.1, 0.15) is 0 Å². The highest BCUT2D eigenvalue weighted by Gasteiger charge is 2.37. The van der Waals surface area contributed by atoms with Crippen LogP contribution in [0, 0.1) is 6.92 Å². The summed E-state index contributed by atoms with van der Waals surface area (Å²) in [6.07, 6.45) is 7.39. The third kappa shape index (κ3) is 2.78. The van der Waals surface area contributed by atoms with Crippen molar-refractivity contribution in [3.8, 4) is 5.75 Å². The van der Waals surface area contributed by atoms with Crippen molar-refractivity contribution in [3.05, 3.63) is 76.8 Å². The number of fused-ring (bicyclic) bond motifs is 1. The van der Waals surface area contributed by atoms with Gasteiger partial charge in [-0.3, -0.25) is 0 Å². The summed E-state index contributed by atoms with van der Waals surface area (Å²) in [6, 6.07) is 12.4. The van der Waals surface area contributed by atoms with Crippen LogP contribution in [0.4, 0.5) is 11.4 Å². The van der Waals surface area contributed by atoms with E-state index in [9.17, 15) is 5.11 Å². The molecule has 2 nitrogen and oxygen atoms in total. The Bertz CT molecular complexity index is 796. The highest BCUT2D eigenvalue weighted by molar-refractivity contribution is 9.10. The average molecular weight is 384 g/mol. The summed E-state index contributed by atoms with van der Waals surface area (Å²) in [5, 5.41) is 10.7. The number of rotatable bonds is 4. The Morgan fingerprint density at radius 3 is 2.71 bits per heavy atom. The van der Waals surface area contributed by atoms with E-state index in [4.69, 9.17) is 0 Å². The van der Waals surface area contributed by atoms with Crippen LogP contribution in [0.2, 0.25) is 0 Å². The second kappa shape index (κ2) is 6.86. The molecule has 24 heavy (non-hydrogen) atoms. The van der Waals surface area contributed by atoms with Crippen molar-refractivity contribution >= 4 is 27.3 Å². The Morgan fingerprint density at radius 2 is 2.00 bits per heavy atom. The molecule has 0 aromatic heterocycles. The first-order chi connectivity index (χ1) is 11.6. The zero-order valence-electron chi connectivity index (χ0n) is 14.0. The van der Waals surface area contributed by atoms with Gasteiger partial charge in [-0.05, 0) is 58.6 Å². The standard InChI is InChI=1S/C21H22BrNO/c1-4-6-10-18-15(5-2)16-9-7-8-11-19(16)23(18)20-13-14(3)12-17(22)21(20)24/h5-13,15,18,24H,2,4H2,1,3H3/b10-6-. The van der Waals surface area contributed by atoms with E-state index < -0.39 is 0 Å². The van der Waals surface area contributed by atoms with Gasteiger partial charge in [0.2, 0.25) is 0 Å². The minimum absolute atomic E-state index is 0.111. The van der Waals surface area contributed by atoms with E-state index in [0.717, 1.165) is 27.8 Å². The van der Waals surface area contributed by atoms with E-state index >= 15 is 0 Å². The van der Waals surface area contributed by atoms with E-state index in [1.165, 1.54) is 5.56 Å². The van der Waals surface area contributed by atoms with Crippen LogP contribution in [-0.4, -0.2) is 11.1 Å². The van der Waals surface area contributed by atoms with Gasteiger partial charge in [-0.1, -0.05) is 43.4 Å². The minimum atomic E-state index is 0.111. The molecule has 0 saturated carbocycles. The fraction of sp³-hybridized carbons (Fsp3) is 0.238. The Labute approximate surface area is 152 Å². The summed E-state index contributed by atoms with van der Waals surface area (Å²) in [4.78, 5) is 2.22. The lowest BCUT2D eigenvalue weighted by Gasteiger charge is -2.29. The number of phenols is 1. The number of benzene rings is 2. The molecule has 2 aromatic rings. The third-order valence-corrected chi connectivity index (χ3v) is 5.10. The molecule has 0 amide bonds. The first-order valence-corrected chi connectivity index (χ1v) is 9.04. The van der Waals surface area contributed by atoms with E-state index in [1.807, 2.05) is 31.2 Å². The minimum Gasteiger partial charge on any atom is -0.505 e. The smallest absolute Gasteiger partial charge is 0.153 e. The van der Waals surface area contributed by atoms with Crippen LogP contribution >= 0.6 is 15.9 Å². The molecule has 1 heterocycles. The normalized spacial score (nSPS) is 19.7. The zero-order chi connectivity index (χ0) is 17.3. The largest absolute Gasteiger partial charge is 0.505 e. The number of para-hydroxylation sites is 1. The molecule has 0 radical (unpaired) electrons. The first kappa shape index (κ1) is 16.8. The van der Waals surface area contributed by atoms with Gasteiger partial charge in [-0.25, -0.2) is 0 Å². The first-order valence-electron chi connectivity index (χ1n) is 8.25. The number of anilines is 2. The average Bonchev–Trinajstić information content (AvgIpc) is 2.89. The van der Waals surface area contributed by atoms with E-state index in [1.54, 1.807) is 0 Å². The Kier molecular flexibility index (Phi) is 4.81. The maximum Gasteiger partial charge on any atom is 0.153 e. The second-order valence-corrected chi connectivity index (χ2v) is 6.99. The molecule has 0 fully saturated rings. The number of aromatic hydroxyl groups is 1. The highest BCUT2D eigenvalue weighted by Crippen LogP contribution is 2.50. The van der Waals surface area contributed by atoms with Crippen molar-refractivity contribution in [3.63, 3.8) is 0 Å². The predicted molar refractivity (Wildman–Crippen MR) is 105 cm³/mol. The molecule has 0 spiro atoms. The van der Waals surface area contributed by atoms with Crippen molar-refractivity contribution in [1.29, 1.82) is 0 Å². The van der Waals surface area contributed by atoms with Gasteiger partial charge < -0.3 is 10.0 Å². The summed E-state index contributed by atoms with van der Waals surface area (Å²) in [7, 11) is 0. The molecule has 124 valence electrons. The van der Waals surface area contributed by atoms with Gasteiger partial charge in [0.05, 0.1) is 16.2 Å². The van der Waals surface area contributed by atoms with Crippen molar-refractivity contribution < 1.29 is 5.11 Å². The molecule has 2 unspecified atom stereocenters. The fourth-order valence-corrected chi connectivity index (χ4v) is 4.00. The Hall–Kier alpha value is -2.00. The Balaban J connectivity index is 2.23. The summed E-state index contributed by atoms with van der Waals surface area (Å²) < 4.78 is 0.718. The molecule has 0 saturated heterocycles. The van der Waals surface area contributed by atoms with Gasteiger partial charge in [-0.2, -0.15) is 0 Å². The van der Waals surface area contributed by atoms with Crippen molar-refractivity contribution in [2.24, 2.45) is 0 Å². The number of halogens is 1. The lowest BCUT2D eigenvalue weighted by Crippen LogP contribution is -2.27. The topological polar surface area (TPSA) is 23.5 Å². The van der Waals surface area contributed by atoms with Crippen molar-refractivity contribution in [1.82, 2.24) is 0 Å². The Morgan fingerprint density at radius 1 is 1.25 bits per heavy atom. The number of allylic oxidation sites excluding steroid dienone is 1. The maximum atomic E-state index is 10.7. The van der Waals surface area contributed by atoms with Gasteiger partial charge in [-0.15, -0.1) is 6.58 Å². The van der Waals surface area contributed by atoms with Crippen LogP contribution in [0.5, 0.6) is 5.75 Å². The quantitative estimate of drug-likeness (QED) is 0.633. The van der Waals surface area contributed by atoms with Crippen LogP contribution < -0.4 is 4.90 Å². The number of hydrogen-bond acceptors (Lipinski definition) is 2. The van der Waals surface area contributed by atoms with Crippen LogP contribution in [0.25, 0.3) is 0 Å². The summed E-state index contributed by atoms with van der Waals surface area (Å²) in [5.74, 6) is 0.470. The maximum absolute atomic E-state index is 10.7. The summed E-state index contributed by atoms with van der Waals surface area (Å²) >= 11 is 3.47. The summed E-state index contributed by atoms with van der Waals surface area (Å²) in [5.41, 5.74) is 4.30. The molecular weight excluding hydrogens is 362 g/mol. The van der Waals surface area contributed by atoms with Gasteiger partial charge >= 0.3 is 0 Å². The molecule has 2 atom stereocenters. The van der Waals surface area contributed by atoms with E-state index in [2.05, 4.69) is 64.7 Å². The van der Waals surface area contributed by atoms with Crippen molar-refractivity contribution in [2.75, 3.05) is 4.90 Å². The molecule has 3 heteroatoms. The third-order valence-electron chi connectivity index (χ3n) is 4.49. The van der Waals surface area contributed by atoms with Crippen LogP contribution in [-0.2, 0) is 0 Å². The monoisotopic (exact) mass is 383 g/mol. The molecular formula is C21H22BrNO. The van der Waals surface area contributed by atoms with Gasteiger partial charge in [0, 0.05) is 11.6 Å². The van der Waals surface area contributed by atoms with E-state index in [-0.39, 0.29) is 17.7 Å². The van der Waals surface area contributed by atoms with Crippen molar-refractivity contribution in [2.45, 2.75) is 32.2 Å². The molecule has 1 aliphatic heterocycles. The van der Waals surface area contributed by atoms with Gasteiger partial charge in [0.15, 0.2) is 5.75 Å². The van der Waals surface area contributed by atoms with Crippen LogP contribution in [0.1, 0.15) is 30.4 Å². The molecule has 1 aliphatic rings. The molecule has 1 N–H and O–H groups in total. The lowest BCUT2D eigenvalue weighted by atomic mass is 9.94. The number of nitrogens with zero attached hydrogens (tertiary/aromatic N) is 1. The number of aryl methyl sites for hydroxylation is 1. The zero-order valence-corrected chi connectivity index (χ0v) is 15.6. The second-order valence-electron chi connectivity index (χ2n) is 6.13. The number of phenolic OH excluding ortho intramolecular Hbond substituents is 1. The lowest BCUT2D eigenvalue weighted by molar-refractivity contribution is 0.471. The molecule has 2 aromatic carbocycles.